The molecule has 1 aromatic rings. The quantitative estimate of drug-likeness (QED) is 0.801. The van der Waals surface area contributed by atoms with Gasteiger partial charge in [-0.05, 0) is 24.0 Å². The smallest absolute Gasteiger partial charge is 0.122 e. The van der Waals surface area contributed by atoms with Gasteiger partial charge < -0.3 is 10.2 Å². The predicted octanol–water partition coefficient (Wildman–Crippen LogP) is 2.92. The highest BCUT2D eigenvalue weighted by atomic mass is 16.3. The van der Waals surface area contributed by atoms with Crippen LogP contribution in [-0.4, -0.2) is 16.8 Å². The predicted molar refractivity (Wildman–Crippen MR) is 62.4 cm³/mol. The molecule has 2 N–H and O–H groups in total. The molecule has 0 saturated heterocycles. The Labute approximate surface area is 91.6 Å². The van der Waals surface area contributed by atoms with E-state index in [-0.39, 0.29) is 12.5 Å². The first-order chi connectivity index (χ1) is 6.99. The second-order valence-electron chi connectivity index (χ2n) is 4.47. The third-order valence-electron chi connectivity index (χ3n) is 2.84. The lowest BCUT2D eigenvalue weighted by atomic mass is 9.88. The lowest BCUT2D eigenvalue weighted by Gasteiger charge is -2.19. The summed E-state index contributed by atoms with van der Waals surface area (Å²) in [5, 5.41) is 19.2. The second-order valence-corrected chi connectivity index (χ2v) is 4.47. The van der Waals surface area contributed by atoms with Crippen LogP contribution in [0.15, 0.2) is 12.1 Å². The third-order valence-corrected chi connectivity index (χ3v) is 2.84. The zero-order chi connectivity index (χ0) is 11.6. The molecule has 2 nitrogen and oxygen atoms in total. The van der Waals surface area contributed by atoms with Crippen molar-refractivity contribution in [3.63, 3.8) is 0 Å². The molecule has 0 aliphatic rings. The monoisotopic (exact) mass is 208 g/mol. The minimum absolute atomic E-state index is 0.0118. The topological polar surface area (TPSA) is 40.5 Å². The van der Waals surface area contributed by atoms with Gasteiger partial charge in [0.25, 0.3) is 0 Å². The Balaban J connectivity index is 3.35. The minimum atomic E-state index is -0.0118. The Morgan fingerprint density at radius 3 is 2.27 bits per heavy atom. The van der Waals surface area contributed by atoms with Crippen molar-refractivity contribution < 1.29 is 10.2 Å². The first-order valence-electron chi connectivity index (χ1n) is 5.42. The zero-order valence-electron chi connectivity index (χ0n) is 9.91. The number of aromatic hydroxyl groups is 1. The summed E-state index contributed by atoms with van der Waals surface area (Å²) in [5.74, 6) is 0.686. The molecule has 0 aromatic heterocycles. The van der Waals surface area contributed by atoms with Gasteiger partial charge >= 0.3 is 0 Å². The molecule has 1 aromatic carbocycles. The van der Waals surface area contributed by atoms with E-state index >= 15 is 0 Å². The summed E-state index contributed by atoms with van der Waals surface area (Å²) < 4.78 is 0. The van der Waals surface area contributed by atoms with Crippen molar-refractivity contribution in [1.82, 2.24) is 0 Å². The first kappa shape index (κ1) is 12.1. The lowest BCUT2D eigenvalue weighted by molar-refractivity contribution is 0.269. The van der Waals surface area contributed by atoms with Crippen molar-refractivity contribution in [3.8, 4) is 5.75 Å². The number of phenols is 1. The van der Waals surface area contributed by atoms with Gasteiger partial charge in [-0.2, -0.15) is 0 Å². The summed E-state index contributed by atoms with van der Waals surface area (Å²) in [6.45, 7) is 8.07. The highest BCUT2D eigenvalue weighted by Gasteiger charge is 2.17. The lowest BCUT2D eigenvalue weighted by Crippen LogP contribution is -2.06. The number of hydrogen-bond donors (Lipinski definition) is 2. The molecular weight excluding hydrogens is 188 g/mol. The summed E-state index contributed by atoms with van der Waals surface area (Å²) in [5.41, 5.74) is 2.89. The molecule has 0 aliphatic heterocycles. The molecule has 1 rings (SSSR count). The molecule has 0 radical (unpaired) electrons. The molecule has 0 aliphatic carbocycles. The van der Waals surface area contributed by atoms with Gasteiger partial charge in [0.1, 0.15) is 5.75 Å². The maximum absolute atomic E-state index is 10.0. The van der Waals surface area contributed by atoms with Crippen LogP contribution < -0.4 is 0 Å². The van der Waals surface area contributed by atoms with Crippen molar-refractivity contribution in [3.05, 3.63) is 28.8 Å². The van der Waals surface area contributed by atoms with Crippen LogP contribution in [0.25, 0.3) is 0 Å². The van der Waals surface area contributed by atoms with Gasteiger partial charge in [0, 0.05) is 18.1 Å². The second kappa shape index (κ2) is 4.67. The summed E-state index contributed by atoms with van der Waals surface area (Å²) >= 11 is 0. The fraction of sp³-hybridized carbons (Fsp3) is 0.538. The molecule has 1 unspecified atom stereocenters. The number of aliphatic hydroxyl groups is 1. The highest BCUT2D eigenvalue weighted by Crippen LogP contribution is 2.35. The fourth-order valence-corrected chi connectivity index (χ4v) is 1.85. The summed E-state index contributed by atoms with van der Waals surface area (Å²) in [6, 6.07) is 3.97. The van der Waals surface area contributed by atoms with Crippen LogP contribution in [0.1, 0.15) is 49.3 Å². The van der Waals surface area contributed by atoms with Crippen molar-refractivity contribution in [2.45, 2.75) is 39.5 Å². The van der Waals surface area contributed by atoms with Gasteiger partial charge in [0.2, 0.25) is 0 Å². The van der Waals surface area contributed by atoms with Crippen LogP contribution in [0.3, 0.4) is 0 Å². The van der Waals surface area contributed by atoms with Crippen molar-refractivity contribution in [1.29, 1.82) is 0 Å². The van der Waals surface area contributed by atoms with E-state index in [0.29, 0.717) is 11.7 Å². The van der Waals surface area contributed by atoms with Gasteiger partial charge in [0.05, 0.1) is 0 Å². The summed E-state index contributed by atoms with van der Waals surface area (Å²) in [7, 11) is 0. The van der Waals surface area contributed by atoms with Crippen molar-refractivity contribution in [2.75, 3.05) is 6.61 Å². The molecule has 0 saturated carbocycles. The largest absolute Gasteiger partial charge is 0.507 e. The number of rotatable bonds is 3. The SMILES string of the molecule is Cc1ccc(C(C)C)c(C(C)CO)c1O. The number of hydrogen-bond acceptors (Lipinski definition) is 2. The standard InChI is InChI=1S/C13H20O2/c1-8(2)11-6-5-9(3)13(15)12(11)10(4)7-14/h5-6,8,10,14-15H,7H2,1-4H3. The molecule has 1 atom stereocenters. The number of benzene rings is 1. The fourth-order valence-electron chi connectivity index (χ4n) is 1.85. The number of aliphatic hydroxyl groups excluding tert-OH is 1. The molecule has 0 bridgehead atoms. The number of aryl methyl sites for hydroxylation is 1. The van der Waals surface area contributed by atoms with Crippen LogP contribution in [0, 0.1) is 6.92 Å². The van der Waals surface area contributed by atoms with Crippen LogP contribution >= 0.6 is 0 Å². The van der Waals surface area contributed by atoms with Gasteiger partial charge in [-0.15, -0.1) is 0 Å². The maximum atomic E-state index is 10.0. The van der Waals surface area contributed by atoms with Gasteiger partial charge in [-0.25, -0.2) is 0 Å². The average molecular weight is 208 g/mol. The Kier molecular flexibility index (Phi) is 3.75. The minimum Gasteiger partial charge on any atom is -0.507 e. The Morgan fingerprint density at radius 1 is 1.20 bits per heavy atom. The van der Waals surface area contributed by atoms with Gasteiger partial charge in [-0.3, -0.25) is 0 Å². The first-order valence-corrected chi connectivity index (χ1v) is 5.42. The summed E-state index contributed by atoms with van der Waals surface area (Å²) in [4.78, 5) is 0. The van der Waals surface area contributed by atoms with E-state index in [1.54, 1.807) is 0 Å². The van der Waals surface area contributed by atoms with E-state index < -0.39 is 0 Å². The van der Waals surface area contributed by atoms with Crippen molar-refractivity contribution >= 4 is 0 Å². The van der Waals surface area contributed by atoms with E-state index in [0.717, 1.165) is 16.7 Å². The molecule has 0 fully saturated rings. The number of phenolic OH excluding ortho intramolecular Hbond substituents is 1. The normalized spacial score (nSPS) is 13.2. The molecule has 2 heteroatoms. The zero-order valence-corrected chi connectivity index (χ0v) is 9.91. The van der Waals surface area contributed by atoms with Crippen LogP contribution in [-0.2, 0) is 0 Å². The molecular formula is C13H20O2. The van der Waals surface area contributed by atoms with E-state index in [4.69, 9.17) is 0 Å². The van der Waals surface area contributed by atoms with Crippen LogP contribution in [0.2, 0.25) is 0 Å². The molecule has 84 valence electrons. The van der Waals surface area contributed by atoms with E-state index in [9.17, 15) is 10.2 Å². The Hall–Kier alpha value is -1.02. The molecule has 0 amide bonds. The van der Waals surface area contributed by atoms with E-state index in [1.165, 1.54) is 0 Å². The molecule has 0 spiro atoms. The van der Waals surface area contributed by atoms with Crippen LogP contribution in [0.4, 0.5) is 0 Å². The van der Waals surface area contributed by atoms with Gasteiger partial charge in [0.15, 0.2) is 0 Å². The Bertz CT molecular complexity index is 343. The van der Waals surface area contributed by atoms with Crippen LogP contribution in [0.5, 0.6) is 5.75 Å². The maximum Gasteiger partial charge on any atom is 0.122 e. The van der Waals surface area contributed by atoms with Gasteiger partial charge in [-0.1, -0.05) is 32.9 Å². The third kappa shape index (κ3) is 2.32. The Morgan fingerprint density at radius 2 is 1.80 bits per heavy atom. The highest BCUT2D eigenvalue weighted by molar-refractivity contribution is 5.48. The molecule has 0 heterocycles. The average Bonchev–Trinajstić information content (AvgIpc) is 2.20. The van der Waals surface area contributed by atoms with Crippen molar-refractivity contribution in [2.24, 2.45) is 0 Å². The van der Waals surface area contributed by atoms with E-state index in [1.807, 2.05) is 26.0 Å². The van der Waals surface area contributed by atoms with E-state index in [2.05, 4.69) is 13.8 Å². The molecule has 15 heavy (non-hydrogen) atoms. The summed E-state index contributed by atoms with van der Waals surface area (Å²) in [6.07, 6.45) is 0.